The van der Waals surface area contributed by atoms with Crippen LogP contribution in [-0.2, 0) is 15.9 Å². The number of halogens is 2. The number of ether oxygens (including phenoxy) is 2. The van der Waals surface area contributed by atoms with E-state index in [1.165, 1.54) is 2.88 Å². The van der Waals surface area contributed by atoms with Crippen LogP contribution in [0.3, 0.4) is 0 Å². The van der Waals surface area contributed by atoms with Gasteiger partial charge in [-0.15, -0.1) is 11.3 Å². The summed E-state index contributed by atoms with van der Waals surface area (Å²) in [6.07, 6.45) is 2.98. The molecule has 0 fully saturated rings. The van der Waals surface area contributed by atoms with Gasteiger partial charge in [0, 0.05) is 12.8 Å². The normalized spacial score (nSPS) is 10.8. The van der Waals surface area contributed by atoms with E-state index in [0.717, 1.165) is 28.6 Å². The summed E-state index contributed by atoms with van der Waals surface area (Å²) in [5.41, 5.74) is 0.323. The summed E-state index contributed by atoms with van der Waals surface area (Å²) in [5.74, 6) is 6.00. The molecule has 1 aromatic rings. The van der Waals surface area contributed by atoms with Crippen LogP contribution >= 0.6 is 49.9 Å². The van der Waals surface area contributed by atoms with Crippen LogP contribution in [0.25, 0.3) is 0 Å². The fourth-order valence-corrected chi connectivity index (χ4v) is 5.04. The van der Waals surface area contributed by atoms with Gasteiger partial charge < -0.3 is 9.47 Å². The van der Waals surface area contributed by atoms with Crippen LogP contribution in [0.1, 0.15) is 45.6 Å². The van der Waals surface area contributed by atoms with E-state index < -0.39 is 11.8 Å². The van der Waals surface area contributed by atoms with Crippen LogP contribution in [0, 0.1) is 14.7 Å². The molecule has 0 aliphatic carbocycles. The van der Waals surface area contributed by atoms with Crippen LogP contribution in [-0.4, -0.2) is 18.4 Å². The molecule has 3 nitrogen and oxygen atoms in total. The Morgan fingerprint density at radius 1 is 1.50 bits per heavy atom. The third-order valence-corrected chi connectivity index (χ3v) is 5.42. The Morgan fingerprint density at radius 3 is 2.82 bits per heavy atom. The molecule has 6 heteroatoms. The van der Waals surface area contributed by atoms with Gasteiger partial charge in [0.15, 0.2) is 5.60 Å². The lowest BCUT2D eigenvalue weighted by atomic mass is 10.1. The van der Waals surface area contributed by atoms with Gasteiger partial charge in [-0.1, -0.05) is 25.2 Å². The summed E-state index contributed by atoms with van der Waals surface area (Å²) in [7, 11) is 0. The molecule has 0 aliphatic rings. The first kappa shape index (κ1) is 19.8. The zero-order valence-electron chi connectivity index (χ0n) is 13.0. The quantitative estimate of drug-likeness (QED) is 0.216. The van der Waals surface area contributed by atoms with Crippen molar-refractivity contribution in [2.45, 2.75) is 52.1 Å². The molecule has 0 N–H and O–H groups in total. The smallest absolute Gasteiger partial charge is 0.434 e. The molecule has 1 aromatic heterocycles. The van der Waals surface area contributed by atoms with Crippen molar-refractivity contribution in [2.75, 3.05) is 6.61 Å². The molecule has 0 unspecified atom stereocenters. The number of hydrogen-bond donors (Lipinski definition) is 0. The summed E-state index contributed by atoms with van der Waals surface area (Å²) >= 11 is 7.43. The Kier molecular flexibility index (Phi) is 8.80. The van der Waals surface area contributed by atoms with Crippen molar-refractivity contribution in [1.82, 2.24) is 0 Å². The number of carbonyl (C=O) groups is 1. The van der Waals surface area contributed by atoms with E-state index in [2.05, 4.69) is 63.4 Å². The van der Waals surface area contributed by atoms with E-state index in [1.54, 1.807) is 25.2 Å². The SMILES string of the molecule is CCCCC#CC(C)(C)OC(=O)OCCc1cc(I)sc1Br. The second-order valence-electron chi connectivity index (χ2n) is 5.22. The summed E-state index contributed by atoms with van der Waals surface area (Å²) in [5, 5.41) is 0. The van der Waals surface area contributed by atoms with Crippen LogP contribution in [0.5, 0.6) is 0 Å². The maximum atomic E-state index is 11.7. The average Bonchev–Trinajstić information content (AvgIpc) is 2.72. The van der Waals surface area contributed by atoms with Gasteiger partial charge in [-0.05, 0) is 70.4 Å². The first-order valence-corrected chi connectivity index (χ1v) is 9.82. The van der Waals surface area contributed by atoms with Crippen molar-refractivity contribution < 1.29 is 14.3 Å². The zero-order valence-corrected chi connectivity index (χ0v) is 17.6. The van der Waals surface area contributed by atoms with Gasteiger partial charge in [0.2, 0.25) is 0 Å². The molecule has 1 rings (SSSR count). The highest BCUT2D eigenvalue weighted by molar-refractivity contribution is 14.1. The topological polar surface area (TPSA) is 35.5 Å². The first-order chi connectivity index (χ1) is 10.3. The monoisotopic (exact) mass is 498 g/mol. The highest BCUT2D eigenvalue weighted by Crippen LogP contribution is 2.29. The second-order valence-corrected chi connectivity index (χ2v) is 9.48. The predicted octanol–water partition coefficient (Wildman–Crippen LogP) is 5.78. The van der Waals surface area contributed by atoms with Crippen LogP contribution in [0.2, 0.25) is 0 Å². The third-order valence-electron chi connectivity index (χ3n) is 2.70. The highest BCUT2D eigenvalue weighted by Gasteiger charge is 2.21. The van der Waals surface area contributed by atoms with Gasteiger partial charge in [-0.3, -0.25) is 0 Å². The largest absolute Gasteiger partial charge is 0.509 e. The van der Waals surface area contributed by atoms with Crippen LogP contribution in [0.15, 0.2) is 9.85 Å². The minimum absolute atomic E-state index is 0.295. The van der Waals surface area contributed by atoms with Crippen molar-refractivity contribution in [3.05, 3.63) is 18.3 Å². The molecule has 0 spiro atoms. The van der Waals surface area contributed by atoms with Gasteiger partial charge in [0.05, 0.1) is 13.3 Å². The van der Waals surface area contributed by atoms with Crippen molar-refractivity contribution >= 4 is 56.0 Å². The standard InChI is InChI=1S/C16H20BrIO3S/c1-4-5-6-7-9-16(2,3)21-15(19)20-10-8-12-11-13(18)22-14(12)17/h11H,4-6,8,10H2,1-3H3. The van der Waals surface area contributed by atoms with Crippen molar-refractivity contribution in [3.63, 3.8) is 0 Å². The van der Waals surface area contributed by atoms with E-state index in [-0.39, 0.29) is 0 Å². The number of carbonyl (C=O) groups excluding carboxylic acids is 1. The zero-order chi connectivity index (χ0) is 16.6. The lowest BCUT2D eigenvalue weighted by Crippen LogP contribution is -2.27. The third kappa shape index (κ3) is 7.84. The average molecular weight is 499 g/mol. The summed E-state index contributed by atoms with van der Waals surface area (Å²) in [6.45, 7) is 5.95. The van der Waals surface area contributed by atoms with Gasteiger partial charge in [0.1, 0.15) is 0 Å². The molecule has 0 saturated carbocycles. The van der Waals surface area contributed by atoms with Gasteiger partial charge in [-0.2, -0.15) is 0 Å². The molecule has 122 valence electrons. The molecule has 0 bridgehead atoms. The molecular formula is C16H20BrIO3S. The van der Waals surface area contributed by atoms with Crippen molar-refractivity contribution in [3.8, 4) is 11.8 Å². The molecule has 0 saturated heterocycles. The van der Waals surface area contributed by atoms with E-state index in [0.29, 0.717) is 13.0 Å². The predicted molar refractivity (Wildman–Crippen MR) is 102 cm³/mol. The minimum Gasteiger partial charge on any atom is -0.434 e. The number of unbranched alkanes of at least 4 members (excludes halogenated alkanes) is 2. The Bertz CT molecular complexity index is 557. The van der Waals surface area contributed by atoms with Crippen molar-refractivity contribution in [1.29, 1.82) is 0 Å². The van der Waals surface area contributed by atoms with Gasteiger partial charge in [-0.25, -0.2) is 4.79 Å². The molecule has 0 amide bonds. The highest BCUT2D eigenvalue weighted by atomic mass is 127. The van der Waals surface area contributed by atoms with E-state index in [4.69, 9.17) is 9.47 Å². The molecule has 0 aromatic carbocycles. The van der Waals surface area contributed by atoms with Crippen molar-refractivity contribution in [2.24, 2.45) is 0 Å². The summed E-state index contributed by atoms with van der Waals surface area (Å²) < 4.78 is 12.7. The molecule has 0 aliphatic heterocycles. The summed E-state index contributed by atoms with van der Waals surface area (Å²) in [4.78, 5) is 11.7. The first-order valence-electron chi connectivity index (χ1n) is 7.13. The fraction of sp³-hybridized carbons (Fsp3) is 0.562. The molecule has 22 heavy (non-hydrogen) atoms. The number of rotatable bonds is 6. The Hall–Kier alpha value is -0.260. The lowest BCUT2D eigenvalue weighted by Gasteiger charge is -2.18. The maximum absolute atomic E-state index is 11.7. The second kappa shape index (κ2) is 9.78. The summed E-state index contributed by atoms with van der Waals surface area (Å²) in [6, 6.07) is 2.08. The van der Waals surface area contributed by atoms with E-state index in [1.807, 2.05) is 0 Å². The van der Waals surface area contributed by atoms with Crippen LogP contribution in [0.4, 0.5) is 4.79 Å². The van der Waals surface area contributed by atoms with Gasteiger partial charge in [0.25, 0.3) is 0 Å². The molecule has 0 radical (unpaired) electrons. The van der Waals surface area contributed by atoms with E-state index in [9.17, 15) is 4.79 Å². The minimum atomic E-state index is -0.816. The van der Waals surface area contributed by atoms with E-state index >= 15 is 0 Å². The fourth-order valence-electron chi connectivity index (χ4n) is 1.59. The van der Waals surface area contributed by atoms with Crippen LogP contribution < -0.4 is 0 Å². The molecule has 0 atom stereocenters. The maximum Gasteiger partial charge on any atom is 0.509 e. The number of hydrogen-bond acceptors (Lipinski definition) is 4. The Balaban J connectivity index is 2.35. The number of thiophene rings is 1. The molecule has 1 heterocycles. The van der Waals surface area contributed by atoms with Gasteiger partial charge >= 0.3 is 6.16 Å². The molecular weight excluding hydrogens is 479 g/mol. The Morgan fingerprint density at radius 2 is 2.23 bits per heavy atom. The Labute approximate surface area is 158 Å². The lowest BCUT2D eigenvalue weighted by molar-refractivity contribution is 0.0104.